The molecule has 1 fully saturated rings. The van der Waals surface area contributed by atoms with Gasteiger partial charge in [-0.3, -0.25) is 4.79 Å². The van der Waals surface area contributed by atoms with E-state index in [9.17, 15) is 4.79 Å². The number of benzene rings is 1. The molecule has 1 aliphatic rings. The summed E-state index contributed by atoms with van der Waals surface area (Å²) in [6, 6.07) is 7.99. The summed E-state index contributed by atoms with van der Waals surface area (Å²) in [5.74, 6) is 0.870. The van der Waals surface area contributed by atoms with Crippen molar-refractivity contribution in [1.82, 2.24) is 5.32 Å². The summed E-state index contributed by atoms with van der Waals surface area (Å²) in [5.41, 5.74) is 7.41. The van der Waals surface area contributed by atoms with Gasteiger partial charge in [0.05, 0.1) is 0 Å². The Balaban J connectivity index is 1.86. The van der Waals surface area contributed by atoms with Crippen LogP contribution >= 0.6 is 0 Å². The number of hydrogen-bond acceptors (Lipinski definition) is 2. The number of rotatable bonds is 6. The van der Waals surface area contributed by atoms with Gasteiger partial charge in [-0.1, -0.05) is 25.0 Å². The number of amides is 1. The normalized spacial score (nSPS) is 16.3. The van der Waals surface area contributed by atoms with Crippen LogP contribution in [-0.2, 0) is 6.42 Å². The molecule has 1 saturated carbocycles. The van der Waals surface area contributed by atoms with Crippen LogP contribution in [0.2, 0.25) is 0 Å². The van der Waals surface area contributed by atoms with Gasteiger partial charge in [0.2, 0.25) is 0 Å². The van der Waals surface area contributed by atoms with E-state index in [0.717, 1.165) is 24.3 Å². The van der Waals surface area contributed by atoms with E-state index in [1.54, 1.807) is 0 Å². The molecule has 3 nitrogen and oxygen atoms in total. The fraction of sp³-hybridized carbons (Fsp3) is 0.533. The molecule has 0 bridgehead atoms. The molecule has 18 heavy (non-hydrogen) atoms. The smallest absolute Gasteiger partial charge is 0.251 e. The Hall–Kier alpha value is -1.35. The van der Waals surface area contributed by atoms with Crippen molar-refractivity contribution in [3.63, 3.8) is 0 Å². The number of hydrogen-bond donors (Lipinski definition) is 2. The molecular weight excluding hydrogens is 224 g/mol. The van der Waals surface area contributed by atoms with Crippen molar-refractivity contribution >= 4 is 5.91 Å². The zero-order valence-electron chi connectivity index (χ0n) is 11.0. The van der Waals surface area contributed by atoms with Crippen molar-refractivity contribution in [2.45, 2.75) is 38.6 Å². The first kappa shape index (κ1) is 13.1. The van der Waals surface area contributed by atoms with Gasteiger partial charge in [-0.15, -0.1) is 0 Å². The summed E-state index contributed by atoms with van der Waals surface area (Å²) in [5, 5.41) is 3.06. The van der Waals surface area contributed by atoms with E-state index in [1.165, 1.54) is 18.4 Å². The van der Waals surface area contributed by atoms with Gasteiger partial charge in [-0.05, 0) is 49.9 Å². The maximum absolute atomic E-state index is 12.0. The summed E-state index contributed by atoms with van der Waals surface area (Å²) < 4.78 is 0. The van der Waals surface area contributed by atoms with Crippen LogP contribution in [0.1, 0.15) is 42.1 Å². The van der Waals surface area contributed by atoms with Gasteiger partial charge < -0.3 is 11.1 Å². The number of carbonyl (C=O) groups excluding carboxylic acids is 1. The maximum Gasteiger partial charge on any atom is 0.251 e. The third-order valence-corrected chi connectivity index (χ3v) is 3.41. The number of carbonyl (C=O) groups is 1. The average Bonchev–Trinajstić information content (AvgIpc) is 3.14. The van der Waals surface area contributed by atoms with E-state index >= 15 is 0 Å². The first-order valence-electron chi connectivity index (χ1n) is 6.79. The van der Waals surface area contributed by atoms with Gasteiger partial charge >= 0.3 is 0 Å². The van der Waals surface area contributed by atoms with Crippen LogP contribution in [0.15, 0.2) is 24.3 Å². The average molecular weight is 246 g/mol. The molecule has 2 rings (SSSR count). The Bertz CT molecular complexity index is 395. The van der Waals surface area contributed by atoms with E-state index in [0.29, 0.717) is 6.54 Å². The Morgan fingerprint density at radius 3 is 2.61 bits per heavy atom. The van der Waals surface area contributed by atoms with Crippen LogP contribution in [0, 0.1) is 5.92 Å². The van der Waals surface area contributed by atoms with E-state index in [-0.39, 0.29) is 11.9 Å². The second kappa shape index (κ2) is 6.01. The highest BCUT2D eigenvalue weighted by Crippen LogP contribution is 2.33. The topological polar surface area (TPSA) is 55.1 Å². The highest BCUT2D eigenvalue weighted by molar-refractivity contribution is 5.94. The van der Waals surface area contributed by atoms with Crippen molar-refractivity contribution in [2.24, 2.45) is 11.7 Å². The molecular formula is C15H22N2O. The lowest BCUT2D eigenvalue weighted by Crippen LogP contribution is -2.32. The molecule has 0 aliphatic heterocycles. The van der Waals surface area contributed by atoms with E-state index in [2.05, 4.69) is 12.2 Å². The minimum atomic E-state index is 0.0300. The molecule has 98 valence electrons. The molecule has 1 aromatic carbocycles. The zero-order valence-corrected chi connectivity index (χ0v) is 11.0. The Morgan fingerprint density at radius 1 is 1.39 bits per heavy atom. The van der Waals surface area contributed by atoms with Gasteiger partial charge in [0.25, 0.3) is 5.91 Å². The van der Waals surface area contributed by atoms with Gasteiger partial charge in [0, 0.05) is 11.6 Å². The van der Waals surface area contributed by atoms with Gasteiger partial charge in [0.1, 0.15) is 0 Å². The standard InChI is InChI=1S/C15H22N2O/c1-11(10-13-2-3-13)17-15(18)14-6-4-12(5-7-14)8-9-16/h4-7,11,13H,2-3,8-10,16H2,1H3,(H,17,18). The molecule has 3 heteroatoms. The Labute approximate surface area is 109 Å². The lowest BCUT2D eigenvalue weighted by molar-refractivity contribution is 0.0937. The van der Waals surface area contributed by atoms with Gasteiger partial charge in [-0.2, -0.15) is 0 Å². The Kier molecular flexibility index (Phi) is 4.37. The molecule has 0 heterocycles. The molecule has 1 atom stereocenters. The molecule has 1 unspecified atom stereocenters. The van der Waals surface area contributed by atoms with Crippen molar-refractivity contribution in [3.05, 3.63) is 35.4 Å². The molecule has 1 aromatic rings. The van der Waals surface area contributed by atoms with Crippen LogP contribution in [0.25, 0.3) is 0 Å². The largest absolute Gasteiger partial charge is 0.350 e. The first-order chi connectivity index (χ1) is 8.69. The second-order valence-corrected chi connectivity index (χ2v) is 5.29. The predicted octanol–water partition coefficient (Wildman–Crippen LogP) is 2.11. The molecule has 0 saturated heterocycles. The zero-order chi connectivity index (χ0) is 13.0. The second-order valence-electron chi connectivity index (χ2n) is 5.29. The van der Waals surface area contributed by atoms with Crippen molar-refractivity contribution in [3.8, 4) is 0 Å². The van der Waals surface area contributed by atoms with Crippen molar-refractivity contribution in [2.75, 3.05) is 6.54 Å². The molecule has 1 amide bonds. The lowest BCUT2D eigenvalue weighted by atomic mass is 10.1. The highest BCUT2D eigenvalue weighted by atomic mass is 16.1. The minimum absolute atomic E-state index is 0.0300. The Morgan fingerprint density at radius 2 is 2.06 bits per heavy atom. The first-order valence-corrected chi connectivity index (χ1v) is 6.79. The van der Waals surface area contributed by atoms with E-state index in [1.807, 2.05) is 24.3 Å². The van der Waals surface area contributed by atoms with Crippen LogP contribution in [0.3, 0.4) is 0 Å². The van der Waals surface area contributed by atoms with Crippen LogP contribution < -0.4 is 11.1 Å². The highest BCUT2D eigenvalue weighted by Gasteiger charge is 2.24. The monoisotopic (exact) mass is 246 g/mol. The summed E-state index contributed by atoms with van der Waals surface area (Å²) >= 11 is 0. The molecule has 3 N–H and O–H groups in total. The molecule has 0 radical (unpaired) electrons. The fourth-order valence-corrected chi connectivity index (χ4v) is 2.21. The molecule has 0 spiro atoms. The summed E-state index contributed by atoms with van der Waals surface area (Å²) in [6.07, 6.45) is 4.62. The lowest BCUT2D eigenvalue weighted by Gasteiger charge is -2.13. The predicted molar refractivity (Wildman–Crippen MR) is 73.5 cm³/mol. The number of nitrogens with one attached hydrogen (secondary N) is 1. The van der Waals surface area contributed by atoms with E-state index < -0.39 is 0 Å². The molecule has 1 aliphatic carbocycles. The summed E-state index contributed by atoms with van der Waals surface area (Å²) in [7, 11) is 0. The summed E-state index contributed by atoms with van der Waals surface area (Å²) in [4.78, 5) is 12.0. The van der Waals surface area contributed by atoms with Crippen molar-refractivity contribution in [1.29, 1.82) is 0 Å². The van der Waals surface area contributed by atoms with E-state index in [4.69, 9.17) is 5.73 Å². The third kappa shape index (κ3) is 3.84. The van der Waals surface area contributed by atoms with Crippen LogP contribution in [0.5, 0.6) is 0 Å². The molecule has 0 aromatic heterocycles. The quantitative estimate of drug-likeness (QED) is 0.807. The maximum atomic E-state index is 12.0. The third-order valence-electron chi connectivity index (χ3n) is 3.41. The van der Waals surface area contributed by atoms with Crippen LogP contribution in [0.4, 0.5) is 0 Å². The van der Waals surface area contributed by atoms with Gasteiger partial charge in [0.15, 0.2) is 0 Å². The number of nitrogens with two attached hydrogens (primary N) is 1. The van der Waals surface area contributed by atoms with Crippen LogP contribution in [-0.4, -0.2) is 18.5 Å². The SMILES string of the molecule is CC(CC1CC1)NC(=O)c1ccc(CCN)cc1. The van der Waals surface area contributed by atoms with Crippen molar-refractivity contribution < 1.29 is 4.79 Å². The summed E-state index contributed by atoms with van der Waals surface area (Å²) in [6.45, 7) is 2.73. The van der Waals surface area contributed by atoms with Gasteiger partial charge in [-0.25, -0.2) is 0 Å². The fourth-order valence-electron chi connectivity index (χ4n) is 2.21. The minimum Gasteiger partial charge on any atom is -0.350 e.